The van der Waals surface area contributed by atoms with E-state index in [0.717, 1.165) is 10.0 Å². The molecule has 0 atom stereocenters. The lowest BCUT2D eigenvalue weighted by Gasteiger charge is -2.11. The third-order valence-corrected chi connectivity index (χ3v) is 3.68. The molecule has 0 N–H and O–H groups in total. The van der Waals surface area contributed by atoms with E-state index in [0.29, 0.717) is 17.9 Å². The van der Waals surface area contributed by atoms with Crippen molar-refractivity contribution in [3.63, 3.8) is 0 Å². The highest BCUT2D eigenvalue weighted by Gasteiger charge is 2.14. The highest BCUT2D eigenvalue weighted by molar-refractivity contribution is 9.10. The number of Topliss-reactive ketones (excluding diaryl/α,β-unsaturated/α-hetero) is 2. The number of carbonyl (C=O) groups excluding carboxylic acids is 2. The van der Waals surface area contributed by atoms with Crippen LogP contribution in [0.15, 0.2) is 53.0 Å². The van der Waals surface area contributed by atoms with Gasteiger partial charge in [0, 0.05) is 17.3 Å². The summed E-state index contributed by atoms with van der Waals surface area (Å²) in [5, 5.41) is 0. The normalized spacial score (nSPS) is 10.3. The lowest BCUT2D eigenvalue weighted by Crippen LogP contribution is -2.06. The fraction of sp³-hybridized carbons (Fsp3) is 0.222. The van der Waals surface area contributed by atoms with Crippen LogP contribution in [0, 0.1) is 0 Å². The van der Waals surface area contributed by atoms with Gasteiger partial charge in [-0.25, -0.2) is 0 Å². The molecule has 0 aromatic heterocycles. The van der Waals surface area contributed by atoms with Crippen LogP contribution in [0.3, 0.4) is 0 Å². The molecule has 0 saturated carbocycles. The Morgan fingerprint density at radius 2 is 1.77 bits per heavy atom. The topological polar surface area (TPSA) is 43.4 Å². The van der Waals surface area contributed by atoms with Gasteiger partial charge in [0.1, 0.15) is 18.1 Å². The van der Waals surface area contributed by atoms with Gasteiger partial charge in [0.05, 0.1) is 5.56 Å². The average Bonchev–Trinajstić information content (AvgIpc) is 2.52. The summed E-state index contributed by atoms with van der Waals surface area (Å²) in [4.78, 5) is 23.3. The second kappa shape index (κ2) is 7.90. The molecule has 0 saturated heterocycles. The average molecular weight is 361 g/mol. The van der Waals surface area contributed by atoms with Crippen LogP contribution in [0.5, 0.6) is 5.75 Å². The number of rotatable bonds is 7. The maximum atomic E-state index is 12.3. The van der Waals surface area contributed by atoms with E-state index in [1.807, 2.05) is 36.4 Å². The molecule has 114 valence electrons. The Balaban J connectivity index is 2.13. The zero-order valence-electron chi connectivity index (χ0n) is 12.3. The number of hydrogen-bond acceptors (Lipinski definition) is 3. The standard InChI is InChI=1S/C18H17BrO3/c1-13(20)7-9-17(21)16-11-15(19)8-10-18(16)22-12-14-5-3-2-4-6-14/h2-6,8,10-11H,7,9,12H2,1H3. The van der Waals surface area contributed by atoms with Gasteiger partial charge < -0.3 is 9.53 Å². The first kappa shape index (κ1) is 16.4. The van der Waals surface area contributed by atoms with E-state index in [9.17, 15) is 9.59 Å². The predicted octanol–water partition coefficient (Wildman–Crippen LogP) is 4.58. The van der Waals surface area contributed by atoms with Gasteiger partial charge in [-0.15, -0.1) is 0 Å². The summed E-state index contributed by atoms with van der Waals surface area (Å²) in [7, 11) is 0. The second-order valence-corrected chi connectivity index (χ2v) is 5.96. The van der Waals surface area contributed by atoms with Crippen molar-refractivity contribution < 1.29 is 14.3 Å². The Kier molecular flexibility index (Phi) is 5.90. The zero-order chi connectivity index (χ0) is 15.9. The summed E-state index contributed by atoms with van der Waals surface area (Å²) in [5.41, 5.74) is 1.54. The first-order chi connectivity index (χ1) is 10.6. The minimum absolute atomic E-state index is 0.00935. The minimum Gasteiger partial charge on any atom is -0.488 e. The van der Waals surface area contributed by atoms with Crippen LogP contribution in [0.25, 0.3) is 0 Å². The van der Waals surface area contributed by atoms with Crippen molar-refractivity contribution in [3.05, 3.63) is 64.1 Å². The first-order valence-corrected chi connectivity index (χ1v) is 7.84. The molecule has 0 radical (unpaired) electrons. The molecule has 0 aliphatic rings. The van der Waals surface area contributed by atoms with Crippen LogP contribution in [0.1, 0.15) is 35.7 Å². The van der Waals surface area contributed by atoms with E-state index in [4.69, 9.17) is 4.74 Å². The van der Waals surface area contributed by atoms with Crippen molar-refractivity contribution >= 4 is 27.5 Å². The molecule has 0 unspecified atom stereocenters. The number of carbonyl (C=O) groups is 2. The largest absolute Gasteiger partial charge is 0.488 e. The molecule has 0 fully saturated rings. The summed E-state index contributed by atoms with van der Waals surface area (Å²) < 4.78 is 6.59. The molecule has 2 aromatic rings. The maximum absolute atomic E-state index is 12.3. The van der Waals surface area contributed by atoms with E-state index < -0.39 is 0 Å². The molecule has 0 bridgehead atoms. The van der Waals surface area contributed by atoms with E-state index in [1.54, 1.807) is 12.1 Å². The van der Waals surface area contributed by atoms with Gasteiger partial charge in [-0.3, -0.25) is 4.79 Å². The molecule has 0 aliphatic carbocycles. The molecule has 0 spiro atoms. The van der Waals surface area contributed by atoms with E-state index in [1.165, 1.54) is 6.92 Å². The zero-order valence-corrected chi connectivity index (χ0v) is 13.9. The van der Waals surface area contributed by atoms with Gasteiger partial charge in [0.15, 0.2) is 5.78 Å². The molecular formula is C18H17BrO3. The van der Waals surface area contributed by atoms with E-state index in [-0.39, 0.29) is 24.4 Å². The van der Waals surface area contributed by atoms with Gasteiger partial charge in [-0.1, -0.05) is 46.3 Å². The van der Waals surface area contributed by atoms with Crippen molar-refractivity contribution in [2.75, 3.05) is 0 Å². The van der Waals surface area contributed by atoms with Crippen LogP contribution >= 0.6 is 15.9 Å². The summed E-state index contributed by atoms with van der Waals surface area (Å²) >= 11 is 3.37. The Morgan fingerprint density at radius 3 is 2.45 bits per heavy atom. The first-order valence-electron chi connectivity index (χ1n) is 7.05. The van der Waals surface area contributed by atoms with Gasteiger partial charge in [-0.2, -0.15) is 0 Å². The number of hydrogen-bond donors (Lipinski definition) is 0. The molecular weight excluding hydrogens is 344 g/mol. The van der Waals surface area contributed by atoms with Crippen LogP contribution in [-0.2, 0) is 11.4 Å². The van der Waals surface area contributed by atoms with Crippen LogP contribution < -0.4 is 4.74 Å². The maximum Gasteiger partial charge on any atom is 0.167 e. The van der Waals surface area contributed by atoms with Crippen LogP contribution in [-0.4, -0.2) is 11.6 Å². The molecule has 2 aromatic carbocycles. The minimum atomic E-state index is -0.0837. The fourth-order valence-corrected chi connectivity index (χ4v) is 2.37. The second-order valence-electron chi connectivity index (χ2n) is 5.04. The Bertz CT molecular complexity index is 665. The van der Waals surface area contributed by atoms with Crippen molar-refractivity contribution in [1.82, 2.24) is 0 Å². The highest BCUT2D eigenvalue weighted by Crippen LogP contribution is 2.26. The van der Waals surface area contributed by atoms with Gasteiger partial charge in [0.2, 0.25) is 0 Å². The molecule has 2 rings (SSSR count). The Morgan fingerprint density at radius 1 is 1.05 bits per heavy atom. The summed E-state index contributed by atoms with van der Waals surface area (Å²) in [6, 6.07) is 15.1. The van der Waals surface area contributed by atoms with Crippen molar-refractivity contribution in [1.29, 1.82) is 0 Å². The molecule has 0 heterocycles. The summed E-state index contributed by atoms with van der Waals surface area (Å²) in [5.74, 6) is 0.468. The van der Waals surface area contributed by atoms with Gasteiger partial charge in [-0.05, 0) is 30.7 Å². The number of halogens is 1. The highest BCUT2D eigenvalue weighted by atomic mass is 79.9. The SMILES string of the molecule is CC(=O)CCC(=O)c1cc(Br)ccc1OCc1ccccc1. The molecule has 3 nitrogen and oxygen atoms in total. The quantitative estimate of drug-likeness (QED) is 0.678. The van der Waals surface area contributed by atoms with E-state index >= 15 is 0 Å². The van der Waals surface area contributed by atoms with Crippen molar-refractivity contribution in [2.45, 2.75) is 26.4 Å². The van der Waals surface area contributed by atoms with Crippen LogP contribution in [0.4, 0.5) is 0 Å². The predicted molar refractivity (Wildman–Crippen MR) is 89.2 cm³/mol. The Hall–Kier alpha value is -1.94. The molecule has 4 heteroatoms. The monoisotopic (exact) mass is 360 g/mol. The lowest BCUT2D eigenvalue weighted by atomic mass is 10.0. The number of ether oxygens (including phenoxy) is 1. The molecule has 0 aliphatic heterocycles. The molecule has 0 amide bonds. The summed E-state index contributed by atoms with van der Waals surface area (Å²) in [6.45, 7) is 1.89. The number of benzene rings is 2. The number of ketones is 2. The van der Waals surface area contributed by atoms with Crippen molar-refractivity contribution in [2.24, 2.45) is 0 Å². The fourth-order valence-electron chi connectivity index (χ4n) is 2.01. The van der Waals surface area contributed by atoms with E-state index in [2.05, 4.69) is 15.9 Å². The van der Waals surface area contributed by atoms with Gasteiger partial charge >= 0.3 is 0 Å². The van der Waals surface area contributed by atoms with Crippen LogP contribution in [0.2, 0.25) is 0 Å². The molecule has 22 heavy (non-hydrogen) atoms. The summed E-state index contributed by atoms with van der Waals surface area (Å²) in [6.07, 6.45) is 0.455. The van der Waals surface area contributed by atoms with Gasteiger partial charge in [0.25, 0.3) is 0 Å². The Labute approximate surface area is 138 Å². The third-order valence-electron chi connectivity index (χ3n) is 3.18. The third kappa shape index (κ3) is 4.81. The van der Waals surface area contributed by atoms with Crippen molar-refractivity contribution in [3.8, 4) is 5.75 Å². The smallest absolute Gasteiger partial charge is 0.167 e. The lowest BCUT2D eigenvalue weighted by molar-refractivity contribution is -0.116.